The van der Waals surface area contributed by atoms with E-state index >= 15 is 0 Å². The number of hydrogen-bond acceptors (Lipinski definition) is 4. The number of nitrogens with zero attached hydrogens (tertiary/aromatic N) is 1. The zero-order valence-electron chi connectivity index (χ0n) is 7.56. The Kier molecular flexibility index (Phi) is 4.71. The van der Waals surface area contributed by atoms with E-state index in [4.69, 9.17) is 5.11 Å². The summed E-state index contributed by atoms with van der Waals surface area (Å²) in [5.41, 5.74) is 0. The molecular weight excluding hydrogens is 198 g/mol. The fraction of sp³-hybridized carbons (Fsp3) is 0.833. The summed E-state index contributed by atoms with van der Waals surface area (Å²) in [6.45, 7) is 0.265. The first-order valence-corrected chi connectivity index (χ1v) is 5.43. The number of carbonyl (C=O) groups is 1. The molecule has 0 heterocycles. The zero-order valence-corrected chi connectivity index (χ0v) is 8.37. The molecule has 1 amide bonds. The maximum Gasteiger partial charge on any atom is 0.407 e. The van der Waals surface area contributed by atoms with Crippen LogP contribution in [0.5, 0.6) is 0 Å². The fourth-order valence-corrected chi connectivity index (χ4v) is 1.03. The van der Waals surface area contributed by atoms with Crippen molar-refractivity contribution in [3.8, 4) is 0 Å². The fourth-order valence-electron chi connectivity index (χ4n) is 0.608. The Morgan fingerprint density at radius 2 is 2.08 bits per heavy atom. The summed E-state index contributed by atoms with van der Waals surface area (Å²) in [7, 11) is -2.00. The van der Waals surface area contributed by atoms with Crippen LogP contribution in [-0.4, -0.2) is 51.0 Å². The molecule has 78 valence electrons. The van der Waals surface area contributed by atoms with Gasteiger partial charge in [0.1, 0.15) is 0 Å². The molecule has 6 nitrogen and oxygen atoms in total. The van der Waals surface area contributed by atoms with Gasteiger partial charge in [0, 0.05) is 13.6 Å². The van der Waals surface area contributed by atoms with Crippen LogP contribution in [0, 0.1) is 0 Å². The Hall–Kier alpha value is -0.820. The molecule has 0 aliphatic carbocycles. The third-order valence-electron chi connectivity index (χ3n) is 1.26. The van der Waals surface area contributed by atoms with Crippen molar-refractivity contribution in [3.05, 3.63) is 0 Å². The van der Waals surface area contributed by atoms with Gasteiger partial charge in [-0.15, -0.1) is 0 Å². The first kappa shape index (κ1) is 12.2. The standard InChI is InChI=1S/C6H13NO5S/c1-7(6(8)9)4-3-5-12-13(2,10)11/h3-5H2,1-2H3,(H,8,9). The molecule has 0 aliphatic heterocycles. The van der Waals surface area contributed by atoms with Crippen LogP contribution in [0.2, 0.25) is 0 Å². The Labute approximate surface area is 77.2 Å². The predicted molar refractivity (Wildman–Crippen MR) is 46.1 cm³/mol. The first-order valence-electron chi connectivity index (χ1n) is 3.61. The van der Waals surface area contributed by atoms with E-state index in [1.807, 2.05) is 0 Å². The van der Waals surface area contributed by atoms with E-state index in [0.717, 1.165) is 11.2 Å². The molecule has 0 saturated carbocycles. The highest BCUT2D eigenvalue weighted by Crippen LogP contribution is 1.92. The van der Waals surface area contributed by atoms with Crippen molar-refractivity contribution >= 4 is 16.2 Å². The van der Waals surface area contributed by atoms with Gasteiger partial charge in [0.05, 0.1) is 12.9 Å². The SMILES string of the molecule is CN(CCCOS(C)(=O)=O)C(=O)O. The van der Waals surface area contributed by atoms with Crippen LogP contribution in [0.25, 0.3) is 0 Å². The Bertz CT molecular complexity index is 260. The van der Waals surface area contributed by atoms with Crippen molar-refractivity contribution in [1.29, 1.82) is 0 Å². The second kappa shape index (κ2) is 5.03. The number of carboxylic acid groups (broad SMARTS) is 1. The van der Waals surface area contributed by atoms with E-state index in [9.17, 15) is 13.2 Å². The minimum atomic E-state index is -3.41. The van der Waals surface area contributed by atoms with Gasteiger partial charge in [-0.05, 0) is 6.42 Å². The molecule has 0 atom stereocenters. The third kappa shape index (κ3) is 7.54. The lowest BCUT2D eigenvalue weighted by atomic mass is 10.4. The molecule has 1 N–H and O–H groups in total. The van der Waals surface area contributed by atoms with Crippen LogP contribution < -0.4 is 0 Å². The van der Waals surface area contributed by atoms with Crippen molar-refractivity contribution in [3.63, 3.8) is 0 Å². The molecule has 0 aliphatic rings. The van der Waals surface area contributed by atoms with Crippen LogP contribution in [-0.2, 0) is 14.3 Å². The summed E-state index contributed by atoms with van der Waals surface area (Å²) in [6.07, 6.45) is 0.267. The number of hydrogen-bond donors (Lipinski definition) is 1. The molecule has 13 heavy (non-hydrogen) atoms. The molecule has 0 aromatic carbocycles. The lowest BCUT2D eigenvalue weighted by Crippen LogP contribution is -2.26. The third-order valence-corrected chi connectivity index (χ3v) is 1.86. The quantitative estimate of drug-likeness (QED) is 0.509. The average Bonchev–Trinajstić information content (AvgIpc) is 1.95. The molecule has 7 heteroatoms. The van der Waals surface area contributed by atoms with Gasteiger partial charge in [-0.25, -0.2) is 4.79 Å². The van der Waals surface area contributed by atoms with Gasteiger partial charge in [0.2, 0.25) is 0 Å². The van der Waals surface area contributed by atoms with Gasteiger partial charge >= 0.3 is 6.09 Å². The van der Waals surface area contributed by atoms with Crippen molar-refractivity contribution < 1.29 is 22.5 Å². The van der Waals surface area contributed by atoms with E-state index in [-0.39, 0.29) is 13.2 Å². The van der Waals surface area contributed by atoms with Crippen molar-refractivity contribution in [2.24, 2.45) is 0 Å². The number of rotatable bonds is 5. The molecular formula is C6H13NO5S. The summed E-state index contributed by atoms with van der Waals surface area (Å²) in [4.78, 5) is 11.3. The lowest BCUT2D eigenvalue weighted by Gasteiger charge is -2.11. The minimum Gasteiger partial charge on any atom is -0.465 e. The molecule has 0 aromatic rings. The van der Waals surface area contributed by atoms with Crippen LogP contribution in [0.3, 0.4) is 0 Å². The molecule has 0 rings (SSSR count). The molecule has 0 bridgehead atoms. The summed E-state index contributed by atoms with van der Waals surface area (Å²) >= 11 is 0. The molecule has 0 aromatic heterocycles. The Balaban J connectivity index is 3.53. The van der Waals surface area contributed by atoms with Crippen molar-refractivity contribution in [1.82, 2.24) is 4.90 Å². The second-order valence-electron chi connectivity index (χ2n) is 2.58. The predicted octanol–water partition coefficient (Wildman–Crippen LogP) is -0.0375. The highest BCUT2D eigenvalue weighted by Gasteiger charge is 2.05. The Morgan fingerprint density at radius 3 is 2.46 bits per heavy atom. The second-order valence-corrected chi connectivity index (χ2v) is 4.23. The van der Waals surface area contributed by atoms with Gasteiger partial charge in [-0.3, -0.25) is 4.18 Å². The topological polar surface area (TPSA) is 83.9 Å². The van der Waals surface area contributed by atoms with Crippen LogP contribution >= 0.6 is 0 Å². The summed E-state index contributed by atoms with van der Waals surface area (Å²) in [6, 6.07) is 0. The molecule has 0 radical (unpaired) electrons. The molecule has 0 fully saturated rings. The average molecular weight is 211 g/mol. The summed E-state index contributed by atoms with van der Waals surface area (Å²) < 4.78 is 25.3. The van der Waals surface area contributed by atoms with Crippen LogP contribution in [0.1, 0.15) is 6.42 Å². The lowest BCUT2D eigenvalue weighted by molar-refractivity contribution is 0.153. The maximum absolute atomic E-state index is 10.5. The zero-order chi connectivity index (χ0) is 10.5. The van der Waals surface area contributed by atoms with E-state index in [2.05, 4.69) is 4.18 Å². The van der Waals surface area contributed by atoms with E-state index in [1.54, 1.807) is 0 Å². The molecule has 0 spiro atoms. The van der Waals surface area contributed by atoms with Gasteiger partial charge in [0.25, 0.3) is 10.1 Å². The van der Waals surface area contributed by atoms with Crippen LogP contribution in [0.15, 0.2) is 0 Å². The van der Waals surface area contributed by atoms with Gasteiger partial charge in [0.15, 0.2) is 0 Å². The van der Waals surface area contributed by atoms with Crippen LogP contribution in [0.4, 0.5) is 4.79 Å². The molecule has 0 unspecified atom stereocenters. The van der Waals surface area contributed by atoms with Gasteiger partial charge < -0.3 is 10.0 Å². The highest BCUT2D eigenvalue weighted by atomic mass is 32.2. The highest BCUT2D eigenvalue weighted by molar-refractivity contribution is 7.85. The largest absolute Gasteiger partial charge is 0.465 e. The van der Waals surface area contributed by atoms with E-state index in [0.29, 0.717) is 6.42 Å². The van der Waals surface area contributed by atoms with Crippen molar-refractivity contribution in [2.75, 3.05) is 26.5 Å². The molecule has 0 saturated heterocycles. The normalized spacial score (nSPS) is 11.2. The van der Waals surface area contributed by atoms with Gasteiger partial charge in [-0.1, -0.05) is 0 Å². The summed E-state index contributed by atoms with van der Waals surface area (Å²) in [5, 5.41) is 8.41. The number of amides is 1. The first-order chi connectivity index (χ1) is 5.83. The minimum absolute atomic E-state index is 0.0104. The smallest absolute Gasteiger partial charge is 0.407 e. The summed E-state index contributed by atoms with van der Waals surface area (Å²) in [5.74, 6) is 0. The van der Waals surface area contributed by atoms with E-state index < -0.39 is 16.2 Å². The van der Waals surface area contributed by atoms with Gasteiger partial charge in [-0.2, -0.15) is 8.42 Å². The maximum atomic E-state index is 10.5. The Morgan fingerprint density at radius 1 is 1.54 bits per heavy atom. The van der Waals surface area contributed by atoms with E-state index in [1.165, 1.54) is 7.05 Å². The monoisotopic (exact) mass is 211 g/mol. The van der Waals surface area contributed by atoms with Crippen molar-refractivity contribution in [2.45, 2.75) is 6.42 Å².